The Labute approximate surface area is 64.4 Å². The number of hydrogen-bond donors (Lipinski definition) is 1. The van der Waals surface area contributed by atoms with Crippen LogP contribution in [0.25, 0.3) is 5.57 Å². The molecule has 1 aliphatic rings. The number of allylic oxidation sites excluding steroid dienone is 1. The van der Waals surface area contributed by atoms with Gasteiger partial charge in [-0.2, -0.15) is 0 Å². The third-order valence-electron chi connectivity index (χ3n) is 1.75. The van der Waals surface area contributed by atoms with E-state index in [9.17, 15) is 0 Å². The lowest BCUT2D eigenvalue weighted by Crippen LogP contribution is -2.09. The van der Waals surface area contributed by atoms with Crippen molar-refractivity contribution in [2.45, 2.75) is 13.5 Å². The van der Waals surface area contributed by atoms with Gasteiger partial charge in [0.05, 0.1) is 0 Å². The molecule has 1 aromatic rings. The smallest absolute Gasteiger partial charge is 0.0494 e. The predicted molar refractivity (Wildman–Crippen MR) is 44.8 cm³/mol. The number of nitrogens with one attached hydrogen (secondary N) is 1. The first kappa shape index (κ1) is 5.98. The van der Waals surface area contributed by atoms with Crippen LogP contribution in [0.4, 0.5) is 0 Å². The van der Waals surface area contributed by atoms with Crippen molar-refractivity contribution in [2.75, 3.05) is 0 Å². The molecule has 1 N–H and O–H groups in total. The van der Waals surface area contributed by atoms with Crippen LogP contribution in [0.15, 0.2) is 17.6 Å². The Morgan fingerprint density at radius 3 is 3.30 bits per heavy atom. The molecule has 2 rings (SSSR count). The molecule has 10 heavy (non-hydrogen) atoms. The molecule has 52 valence electrons. The maximum absolute atomic E-state index is 3.23. The van der Waals surface area contributed by atoms with Crippen LogP contribution in [0.5, 0.6) is 0 Å². The van der Waals surface area contributed by atoms with Crippen molar-refractivity contribution >= 4 is 16.9 Å². The average Bonchev–Trinajstić information content (AvgIpc) is 2.36. The molecule has 0 radical (unpaired) electrons. The van der Waals surface area contributed by atoms with Crippen LogP contribution >= 0.6 is 11.3 Å². The van der Waals surface area contributed by atoms with Gasteiger partial charge in [-0.25, -0.2) is 0 Å². The molecular weight excluding hydrogens is 142 g/mol. The van der Waals surface area contributed by atoms with Crippen molar-refractivity contribution in [3.63, 3.8) is 0 Å². The van der Waals surface area contributed by atoms with Crippen LogP contribution < -0.4 is 5.32 Å². The molecule has 0 bridgehead atoms. The highest BCUT2D eigenvalue weighted by Crippen LogP contribution is 2.26. The summed E-state index contributed by atoms with van der Waals surface area (Å²) in [7, 11) is 0. The first-order valence-corrected chi connectivity index (χ1v) is 4.23. The number of fused-ring (bicyclic) bond motifs is 1. The molecule has 0 unspecified atom stereocenters. The summed E-state index contributed by atoms with van der Waals surface area (Å²) in [5, 5.41) is 5.37. The van der Waals surface area contributed by atoms with Gasteiger partial charge in [0.15, 0.2) is 0 Å². The third-order valence-corrected chi connectivity index (χ3v) is 2.67. The fourth-order valence-electron chi connectivity index (χ4n) is 1.20. The van der Waals surface area contributed by atoms with E-state index in [1.54, 1.807) is 0 Å². The lowest BCUT2D eigenvalue weighted by Gasteiger charge is -2.10. The van der Waals surface area contributed by atoms with Crippen molar-refractivity contribution in [2.24, 2.45) is 0 Å². The summed E-state index contributed by atoms with van der Waals surface area (Å²) in [6, 6.07) is 2.19. The van der Waals surface area contributed by atoms with Gasteiger partial charge in [-0.05, 0) is 29.5 Å². The zero-order valence-corrected chi connectivity index (χ0v) is 6.66. The van der Waals surface area contributed by atoms with Crippen molar-refractivity contribution in [1.82, 2.24) is 5.32 Å². The van der Waals surface area contributed by atoms with Crippen LogP contribution in [0, 0.1) is 0 Å². The molecule has 1 aliphatic heterocycles. The molecule has 1 aromatic heterocycles. The van der Waals surface area contributed by atoms with Gasteiger partial charge < -0.3 is 5.32 Å². The first-order valence-electron chi connectivity index (χ1n) is 3.35. The van der Waals surface area contributed by atoms with E-state index in [1.807, 2.05) is 11.3 Å². The largest absolute Gasteiger partial charge is 0.386 e. The van der Waals surface area contributed by atoms with E-state index in [0.29, 0.717) is 0 Å². The number of rotatable bonds is 0. The van der Waals surface area contributed by atoms with Crippen molar-refractivity contribution in [1.29, 1.82) is 0 Å². The minimum absolute atomic E-state index is 1.00. The molecule has 0 saturated heterocycles. The summed E-state index contributed by atoms with van der Waals surface area (Å²) in [5.74, 6) is 0. The molecular formula is C8H9NS. The van der Waals surface area contributed by atoms with Gasteiger partial charge in [0.1, 0.15) is 0 Å². The molecule has 0 atom stereocenters. The molecule has 0 aliphatic carbocycles. The van der Waals surface area contributed by atoms with E-state index < -0.39 is 0 Å². The monoisotopic (exact) mass is 151 g/mol. The van der Waals surface area contributed by atoms with Crippen molar-refractivity contribution in [3.8, 4) is 0 Å². The fraction of sp³-hybridized carbons (Fsp3) is 0.250. The second-order valence-corrected chi connectivity index (χ2v) is 3.47. The Kier molecular flexibility index (Phi) is 1.27. The highest BCUT2D eigenvalue weighted by Gasteiger charge is 2.08. The molecule has 1 nitrogen and oxygen atoms in total. The standard InChI is InChI=1S/C8H9NS/c1-6-4-9-5-8-7(6)2-3-10-8/h2-4,9H,5H2,1H3. The quantitative estimate of drug-likeness (QED) is 0.599. The average molecular weight is 151 g/mol. The highest BCUT2D eigenvalue weighted by molar-refractivity contribution is 7.10. The van der Waals surface area contributed by atoms with Crippen LogP contribution in [0.3, 0.4) is 0 Å². The van der Waals surface area contributed by atoms with E-state index in [-0.39, 0.29) is 0 Å². The van der Waals surface area contributed by atoms with Crippen LogP contribution in [-0.2, 0) is 6.54 Å². The van der Waals surface area contributed by atoms with Gasteiger partial charge in [0, 0.05) is 17.6 Å². The third kappa shape index (κ3) is 0.762. The van der Waals surface area contributed by atoms with Gasteiger partial charge in [-0.15, -0.1) is 11.3 Å². The summed E-state index contributed by atoms with van der Waals surface area (Å²) in [4.78, 5) is 1.46. The van der Waals surface area contributed by atoms with Crippen molar-refractivity contribution in [3.05, 3.63) is 28.1 Å². The Bertz CT molecular complexity index is 273. The number of thiophene rings is 1. The van der Waals surface area contributed by atoms with Crippen molar-refractivity contribution < 1.29 is 0 Å². The lowest BCUT2D eigenvalue weighted by molar-refractivity contribution is 0.869. The summed E-state index contributed by atoms with van der Waals surface area (Å²) in [5.41, 5.74) is 2.77. The second kappa shape index (κ2) is 2.13. The van der Waals surface area contributed by atoms with E-state index in [1.165, 1.54) is 16.0 Å². The normalized spacial score (nSPS) is 15.5. The molecule has 0 amide bonds. The van der Waals surface area contributed by atoms with Gasteiger partial charge in [-0.3, -0.25) is 0 Å². The Morgan fingerprint density at radius 1 is 1.60 bits per heavy atom. The van der Waals surface area contributed by atoms with Gasteiger partial charge in [0.2, 0.25) is 0 Å². The molecule has 2 heteroatoms. The number of hydrogen-bond acceptors (Lipinski definition) is 2. The maximum Gasteiger partial charge on any atom is 0.0494 e. The molecule has 0 spiro atoms. The van der Waals surface area contributed by atoms with Gasteiger partial charge in [0.25, 0.3) is 0 Å². The summed E-state index contributed by atoms with van der Waals surface area (Å²) in [6.45, 7) is 3.14. The molecule has 0 fully saturated rings. The minimum Gasteiger partial charge on any atom is -0.386 e. The highest BCUT2D eigenvalue weighted by atomic mass is 32.1. The van der Waals surface area contributed by atoms with E-state index in [2.05, 4.69) is 29.9 Å². The lowest BCUT2D eigenvalue weighted by atomic mass is 10.1. The summed E-state index contributed by atoms with van der Waals surface area (Å²) in [6.07, 6.45) is 2.08. The molecule has 0 aromatic carbocycles. The predicted octanol–water partition coefficient (Wildman–Crippen LogP) is 2.21. The minimum atomic E-state index is 1.00. The van der Waals surface area contributed by atoms with Crippen LogP contribution in [0.2, 0.25) is 0 Å². The first-order chi connectivity index (χ1) is 4.88. The summed E-state index contributed by atoms with van der Waals surface area (Å²) < 4.78 is 0. The van der Waals surface area contributed by atoms with E-state index >= 15 is 0 Å². The van der Waals surface area contributed by atoms with E-state index in [4.69, 9.17) is 0 Å². The topological polar surface area (TPSA) is 12.0 Å². The zero-order valence-electron chi connectivity index (χ0n) is 5.85. The second-order valence-electron chi connectivity index (χ2n) is 2.47. The van der Waals surface area contributed by atoms with Crippen LogP contribution in [0.1, 0.15) is 17.4 Å². The SMILES string of the molecule is CC1=CNCc2sccc21. The van der Waals surface area contributed by atoms with Gasteiger partial charge >= 0.3 is 0 Å². The van der Waals surface area contributed by atoms with Crippen LogP contribution in [-0.4, -0.2) is 0 Å². The van der Waals surface area contributed by atoms with Gasteiger partial charge in [-0.1, -0.05) is 0 Å². The molecule has 2 heterocycles. The Balaban J connectivity index is 2.55. The Morgan fingerprint density at radius 2 is 2.50 bits per heavy atom. The Hall–Kier alpha value is -0.760. The maximum atomic E-state index is 3.23. The summed E-state index contributed by atoms with van der Waals surface area (Å²) >= 11 is 1.83. The zero-order chi connectivity index (χ0) is 6.97. The molecule has 0 saturated carbocycles. The van der Waals surface area contributed by atoms with E-state index in [0.717, 1.165) is 6.54 Å². The fourth-order valence-corrected chi connectivity index (χ4v) is 2.09.